The first-order valence-corrected chi connectivity index (χ1v) is 12.2. The van der Waals surface area contributed by atoms with Crippen molar-refractivity contribution in [3.05, 3.63) is 53.8 Å². The Bertz CT molecular complexity index is 1000. The zero-order chi connectivity index (χ0) is 20.4. The molecular formula is C21H23FN2O3S2. The summed E-state index contributed by atoms with van der Waals surface area (Å²) < 4.78 is 40.4. The van der Waals surface area contributed by atoms with Gasteiger partial charge in [0.15, 0.2) is 0 Å². The van der Waals surface area contributed by atoms with Gasteiger partial charge in [-0.05, 0) is 67.3 Å². The van der Waals surface area contributed by atoms with E-state index in [1.165, 1.54) is 23.9 Å². The Hall–Kier alpha value is -1.90. The number of benzene rings is 2. The Kier molecular flexibility index (Phi) is 5.94. The summed E-state index contributed by atoms with van der Waals surface area (Å²) in [6, 6.07) is 11.2. The fourth-order valence-corrected chi connectivity index (χ4v) is 6.15. The average Bonchev–Trinajstić information content (AvgIpc) is 3.17. The van der Waals surface area contributed by atoms with Crippen molar-refractivity contribution in [1.82, 2.24) is 4.31 Å². The number of halogens is 1. The Morgan fingerprint density at radius 1 is 1.00 bits per heavy atom. The van der Waals surface area contributed by atoms with Crippen LogP contribution in [-0.2, 0) is 21.2 Å². The van der Waals surface area contributed by atoms with Crippen molar-refractivity contribution in [2.24, 2.45) is 0 Å². The molecule has 0 aromatic heterocycles. The summed E-state index contributed by atoms with van der Waals surface area (Å²) in [5, 5.41) is 0. The number of carbonyl (C=O) groups is 1. The molecule has 2 heterocycles. The first-order chi connectivity index (χ1) is 13.9. The monoisotopic (exact) mass is 434 g/mol. The Balaban J connectivity index is 1.46. The van der Waals surface area contributed by atoms with Gasteiger partial charge in [0.25, 0.3) is 0 Å². The number of hydrogen-bond acceptors (Lipinski definition) is 4. The van der Waals surface area contributed by atoms with Gasteiger partial charge in [-0.1, -0.05) is 6.42 Å². The van der Waals surface area contributed by atoms with Gasteiger partial charge >= 0.3 is 0 Å². The molecule has 1 fully saturated rings. The van der Waals surface area contributed by atoms with E-state index in [0.717, 1.165) is 35.4 Å². The molecule has 0 atom stereocenters. The highest BCUT2D eigenvalue weighted by Crippen LogP contribution is 2.32. The van der Waals surface area contributed by atoms with Gasteiger partial charge in [0.2, 0.25) is 15.9 Å². The van der Waals surface area contributed by atoms with Crippen LogP contribution in [0.5, 0.6) is 0 Å². The maximum Gasteiger partial charge on any atom is 0.243 e. The highest BCUT2D eigenvalue weighted by atomic mass is 32.2. The average molecular weight is 435 g/mol. The number of hydrogen-bond donors (Lipinski definition) is 0. The second-order valence-electron chi connectivity index (χ2n) is 7.29. The maximum absolute atomic E-state index is 13.0. The van der Waals surface area contributed by atoms with Crippen LogP contribution in [-0.4, -0.2) is 44.0 Å². The zero-order valence-electron chi connectivity index (χ0n) is 16.0. The molecule has 0 unspecified atom stereocenters. The van der Waals surface area contributed by atoms with E-state index < -0.39 is 10.0 Å². The number of rotatable bonds is 5. The van der Waals surface area contributed by atoms with Crippen molar-refractivity contribution in [3.8, 4) is 0 Å². The molecule has 0 aliphatic carbocycles. The van der Waals surface area contributed by atoms with Crippen molar-refractivity contribution in [3.63, 3.8) is 0 Å². The van der Waals surface area contributed by atoms with Crippen LogP contribution in [0.2, 0.25) is 0 Å². The van der Waals surface area contributed by atoms with E-state index in [1.54, 1.807) is 39.5 Å². The topological polar surface area (TPSA) is 57.7 Å². The molecule has 5 nitrogen and oxygen atoms in total. The van der Waals surface area contributed by atoms with E-state index >= 15 is 0 Å². The van der Waals surface area contributed by atoms with Crippen molar-refractivity contribution >= 4 is 33.4 Å². The normalized spacial score (nSPS) is 17.3. The molecule has 0 spiro atoms. The molecule has 1 saturated heterocycles. The summed E-state index contributed by atoms with van der Waals surface area (Å²) in [6.07, 6.45) is 3.52. The summed E-state index contributed by atoms with van der Waals surface area (Å²) in [5.41, 5.74) is 1.68. The fourth-order valence-electron chi connectivity index (χ4n) is 3.81. The number of sulfonamides is 1. The van der Waals surface area contributed by atoms with Crippen LogP contribution in [0.15, 0.2) is 52.3 Å². The third-order valence-electron chi connectivity index (χ3n) is 5.38. The molecule has 0 saturated carbocycles. The molecule has 2 aromatic rings. The van der Waals surface area contributed by atoms with E-state index in [2.05, 4.69) is 0 Å². The summed E-state index contributed by atoms with van der Waals surface area (Å²) in [6.45, 7) is 1.70. The summed E-state index contributed by atoms with van der Waals surface area (Å²) in [7, 11) is -3.48. The van der Waals surface area contributed by atoms with Crippen LogP contribution in [0.4, 0.5) is 10.1 Å². The van der Waals surface area contributed by atoms with Crippen LogP contribution in [0.3, 0.4) is 0 Å². The minimum Gasteiger partial charge on any atom is -0.311 e. The molecule has 29 heavy (non-hydrogen) atoms. The number of amides is 1. The molecule has 154 valence electrons. The third-order valence-corrected chi connectivity index (χ3v) is 8.27. The molecule has 2 aliphatic rings. The van der Waals surface area contributed by atoms with Gasteiger partial charge in [0.1, 0.15) is 5.82 Å². The number of anilines is 1. The third kappa shape index (κ3) is 4.34. The van der Waals surface area contributed by atoms with Crippen molar-refractivity contribution in [2.45, 2.75) is 35.5 Å². The number of thioether (sulfide) groups is 1. The lowest BCUT2D eigenvalue weighted by Gasteiger charge is -2.26. The number of nitrogens with zero attached hydrogens (tertiary/aromatic N) is 2. The molecule has 0 N–H and O–H groups in total. The van der Waals surface area contributed by atoms with Crippen LogP contribution in [0, 0.1) is 5.82 Å². The maximum atomic E-state index is 13.0. The fraction of sp³-hybridized carbons (Fsp3) is 0.381. The Morgan fingerprint density at radius 3 is 2.45 bits per heavy atom. The lowest BCUT2D eigenvalue weighted by molar-refractivity contribution is -0.116. The van der Waals surface area contributed by atoms with Gasteiger partial charge in [-0.2, -0.15) is 4.31 Å². The summed E-state index contributed by atoms with van der Waals surface area (Å²) >= 11 is 1.36. The highest BCUT2D eigenvalue weighted by molar-refractivity contribution is 8.00. The molecule has 2 aromatic carbocycles. The number of piperidine rings is 1. The Labute approximate surface area is 174 Å². The predicted octanol–water partition coefficient (Wildman–Crippen LogP) is 3.68. The minimum atomic E-state index is -3.48. The molecule has 4 rings (SSSR count). The van der Waals surface area contributed by atoms with Crippen LogP contribution in [0.25, 0.3) is 0 Å². The lowest BCUT2D eigenvalue weighted by Crippen LogP contribution is -2.35. The smallest absolute Gasteiger partial charge is 0.243 e. The van der Waals surface area contributed by atoms with Gasteiger partial charge in [-0.25, -0.2) is 12.8 Å². The van der Waals surface area contributed by atoms with Gasteiger partial charge in [0, 0.05) is 30.2 Å². The van der Waals surface area contributed by atoms with Gasteiger partial charge < -0.3 is 4.90 Å². The molecule has 0 bridgehead atoms. The van der Waals surface area contributed by atoms with Crippen molar-refractivity contribution in [1.29, 1.82) is 0 Å². The van der Waals surface area contributed by atoms with E-state index in [9.17, 15) is 17.6 Å². The van der Waals surface area contributed by atoms with Crippen LogP contribution in [0.1, 0.15) is 24.8 Å². The van der Waals surface area contributed by atoms with E-state index in [-0.39, 0.29) is 17.5 Å². The van der Waals surface area contributed by atoms with Crippen LogP contribution >= 0.6 is 11.8 Å². The van der Waals surface area contributed by atoms with E-state index in [1.807, 2.05) is 0 Å². The molecule has 8 heteroatoms. The second-order valence-corrected chi connectivity index (χ2v) is 10.3. The number of fused-ring (bicyclic) bond motifs is 1. The summed E-state index contributed by atoms with van der Waals surface area (Å²) in [5.74, 6) is -0.0898. The standard InChI is InChI=1S/C21H23FN2O3S2/c22-17-4-6-18(7-5-17)28-15-21(25)24-13-10-16-14-19(8-9-20(16)24)29(26,27)23-11-2-1-3-12-23/h4-9,14H,1-3,10-13,15H2. The van der Waals surface area contributed by atoms with Gasteiger partial charge in [0.05, 0.1) is 10.6 Å². The zero-order valence-corrected chi connectivity index (χ0v) is 17.6. The van der Waals surface area contributed by atoms with Gasteiger partial charge in [-0.15, -0.1) is 11.8 Å². The highest BCUT2D eigenvalue weighted by Gasteiger charge is 2.30. The second kappa shape index (κ2) is 8.45. The van der Waals surface area contributed by atoms with E-state index in [0.29, 0.717) is 31.0 Å². The minimum absolute atomic E-state index is 0.0373. The van der Waals surface area contributed by atoms with Crippen molar-refractivity contribution in [2.75, 3.05) is 30.3 Å². The molecule has 0 radical (unpaired) electrons. The predicted molar refractivity (Wildman–Crippen MR) is 112 cm³/mol. The molecule has 1 amide bonds. The van der Waals surface area contributed by atoms with Crippen LogP contribution < -0.4 is 4.90 Å². The quantitative estimate of drug-likeness (QED) is 0.674. The first kappa shape index (κ1) is 20.4. The molecule has 2 aliphatic heterocycles. The first-order valence-electron chi connectivity index (χ1n) is 9.77. The Morgan fingerprint density at radius 2 is 1.72 bits per heavy atom. The van der Waals surface area contributed by atoms with Gasteiger partial charge in [-0.3, -0.25) is 4.79 Å². The SMILES string of the molecule is O=C(CSc1ccc(F)cc1)N1CCc2cc(S(=O)(=O)N3CCCCC3)ccc21. The molecular weight excluding hydrogens is 411 g/mol. The largest absolute Gasteiger partial charge is 0.311 e. The summed E-state index contributed by atoms with van der Waals surface area (Å²) in [4.78, 5) is 15.5. The van der Waals surface area contributed by atoms with Crippen molar-refractivity contribution < 1.29 is 17.6 Å². The lowest BCUT2D eigenvalue weighted by atomic mass is 10.2. The number of carbonyl (C=O) groups excluding carboxylic acids is 1. The van der Waals surface area contributed by atoms with E-state index in [4.69, 9.17) is 0 Å².